The Morgan fingerprint density at radius 2 is 1.69 bits per heavy atom. The van der Waals surface area contributed by atoms with Crippen molar-refractivity contribution in [2.45, 2.75) is 6.92 Å². The highest BCUT2D eigenvalue weighted by molar-refractivity contribution is 6.43. The van der Waals surface area contributed by atoms with Crippen molar-refractivity contribution in [2.75, 3.05) is 16.0 Å². The van der Waals surface area contributed by atoms with E-state index in [-0.39, 0.29) is 5.91 Å². The monoisotopic (exact) mass is 387 g/mol. The van der Waals surface area contributed by atoms with Crippen LogP contribution in [0, 0.1) is 0 Å². The maximum absolute atomic E-state index is 11.1. The normalized spacial score (nSPS) is 10.3. The average molecular weight is 388 g/mol. The molecule has 0 aliphatic rings. The second-order valence-corrected chi connectivity index (χ2v) is 6.16. The molecule has 26 heavy (non-hydrogen) atoms. The first-order chi connectivity index (χ1) is 12.5. The van der Waals surface area contributed by atoms with Gasteiger partial charge in [0.2, 0.25) is 11.9 Å². The van der Waals surface area contributed by atoms with Crippen molar-refractivity contribution in [3.63, 3.8) is 0 Å². The quantitative estimate of drug-likeness (QED) is 0.558. The van der Waals surface area contributed by atoms with Crippen molar-refractivity contribution < 1.29 is 4.79 Å². The minimum absolute atomic E-state index is 0.118. The molecule has 0 spiro atoms. The number of hydrogen-bond donors (Lipinski definition) is 3. The van der Waals surface area contributed by atoms with Gasteiger partial charge in [-0.05, 0) is 42.5 Å². The van der Waals surface area contributed by atoms with Gasteiger partial charge in [-0.2, -0.15) is 4.98 Å². The zero-order valence-electron chi connectivity index (χ0n) is 13.8. The first-order valence-corrected chi connectivity index (χ1v) is 8.45. The molecule has 0 unspecified atom stereocenters. The smallest absolute Gasteiger partial charge is 0.229 e. The van der Waals surface area contributed by atoms with E-state index in [1.165, 1.54) is 6.92 Å². The molecule has 1 amide bonds. The van der Waals surface area contributed by atoms with Crippen LogP contribution in [0.15, 0.2) is 54.7 Å². The van der Waals surface area contributed by atoms with E-state index < -0.39 is 0 Å². The fourth-order valence-electron chi connectivity index (χ4n) is 2.20. The lowest BCUT2D eigenvalue weighted by molar-refractivity contribution is -0.114. The molecular weight excluding hydrogens is 373 g/mol. The summed E-state index contributed by atoms with van der Waals surface area (Å²) in [5, 5.41) is 9.82. The molecule has 3 N–H and O–H groups in total. The maximum atomic E-state index is 11.1. The Morgan fingerprint density at radius 3 is 2.42 bits per heavy atom. The Morgan fingerprint density at radius 1 is 0.962 bits per heavy atom. The SMILES string of the molecule is CC(=O)Nc1ccc(Nc2nccc(Nc3cccc(Cl)c3Cl)n2)cc1. The van der Waals surface area contributed by atoms with Crippen molar-refractivity contribution in [3.05, 3.63) is 64.8 Å². The molecule has 3 rings (SSSR count). The third kappa shape index (κ3) is 4.62. The largest absolute Gasteiger partial charge is 0.339 e. The third-order valence-electron chi connectivity index (χ3n) is 3.33. The van der Waals surface area contributed by atoms with Gasteiger partial charge in [-0.1, -0.05) is 29.3 Å². The van der Waals surface area contributed by atoms with Crippen LogP contribution in [0.3, 0.4) is 0 Å². The molecule has 0 aliphatic carbocycles. The molecular formula is C18H15Cl2N5O. The lowest BCUT2D eigenvalue weighted by Gasteiger charge is -2.10. The van der Waals surface area contributed by atoms with Crippen LogP contribution in [0.2, 0.25) is 10.0 Å². The standard InChI is InChI=1S/C18H15Cl2N5O/c1-11(26)22-12-5-7-13(8-6-12)23-18-21-10-9-16(25-18)24-15-4-2-3-14(19)17(15)20/h2-10H,1H3,(H,22,26)(H2,21,23,24,25). The molecule has 8 heteroatoms. The van der Waals surface area contributed by atoms with Crippen LogP contribution < -0.4 is 16.0 Å². The molecule has 1 heterocycles. The van der Waals surface area contributed by atoms with E-state index in [1.54, 1.807) is 36.5 Å². The van der Waals surface area contributed by atoms with Crippen LogP contribution in [0.25, 0.3) is 0 Å². The molecule has 6 nitrogen and oxygen atoms in total. The summed E-state index contributed by atoms with van der Waals surface area (Å²) >= 11 is 12.2. The van der Waals surface area contributed by atoms with Crippen molar-refractivity contribution in [3.8, 4) is 0 Å². The van der Waals surface area contributed by atoms with Gasteiger partial charge in [0.25, 0.3) is 0 Å². The Bertz CT molecular complexity index is 931. The lowest BCUT2D eigenvalue weighted by atomic mass is 10.3. The molecule has 1 aromatic heterocycles. The van der Waals surface area contributed by atoms with Crippen LogP contribution in [0.5, 0.6) is 0 Å². The predicted molar refractivity (Wildman–Crippen MR) is 106 cm³/mol. The summed E-state index contributed by atoms with van der Waals surface area (Å²) in [7, 11) is 0. The first-order valence-electron chi connectivity index (χ1n) is 7.70. The van der Waals surface area contributed by atoms with E-state index in [9.17, 15) is 4.79 Å². The molecule has 3 aromatic rings. The van der Waals surface area contributed by atoms with Gasteiger partial charge in [-0.3, -0.25) is 4.79 Å². The zero-order valence-corrected chi connectivity index (χ0v) is 15.3. The minimum Gasteiger partial charge on any atom is -0.339 e. The van der Waals surface area contributed by atoms with Gasteiger partial charge in [-0.25, -0.2) is 4.98 Å². The van der Waals surface area contributed by atoms with Gasteiger partial charge >= 0.3 is 0 Å². The van der Waals surface area contributed by atoms with Crippen molar-refractivity contribution >= 4 is 57.9 Å². The summed E-state index contributed by atoms with van der Waals surface area (Å²) in [5.74, 6) is 0.870. The predicted octanol–water partition coefficient (Wildman–Crippen LogP) is 5.23. The summed E-state index contributed by atoms with van der Waals surface area (Å²) in [5.41, 5.74) is 2.16. The van der Waals surface area contributed by atoms with Gasteiger partial charge < -0.3 is 16.0 Å². The van der Waals surface area contributed by atoms with E-state index in [0.717, 1.165) is 11.4 Å². The summed E-state index contributed by atoms with van der Waals surface area (Å²) in [6.07, 6.45) is 1.63. The number of rotatable bonds is 5. The molecule has 0 aliphatic heterocycles. The number of anilines is 5. The molecule has 132 valence electrons. The van der Waals surface area contributed by atoms with Crippen LogP contribution in [-0.2, 0) is 4.79 Å². The summed E-state index contributed by atoms with van der Waals surface area (Å²) in [6.45, 7) is 1.46. The number of aromatic nitrogens is 2. The number of nitrogens with zero attached hydrogens (tertiary/aromatic N) is 2. The van der Waals surface area contributed by atoms with Crippen LogP contribution in [0.1, 0.15) is 6.92 Å². The summed E-state index contributed by atoms with van der Waals surface area (Å²) < 4.78 is 0. The summed E-state index contributed by atoms with van der Waals surface area (Å²) in [4.78, 5) is 19.6. The number of hydrogen-bond acceptors (Lipinski definition) is 5. The fourth-order valence-corrected chi connectivity index (χ4v) is 2.54. The highest BCUT2D eigenvalue weighted by Crippen LogP contribution is 2.31. The van der Waals surface area contributed by atoms with E-state index in [0.29, 0.717) is 27.5 Å². The second-order valence-electron chi connectivity index (χ2n) is 5.38. The maximum Gasteiger partial charge on any atom is 0.229 e. The number of carbonyl (C=O) groups excluding carboxylic acids is 1. The number of halogens is 2. The molecule has 0 saturated heterocycles. The van der Waals surface area contributed by atoms with Gasteiger partial charge in [0.1, 0.15) is 5.82 Å². The van der Waals surface area contributed by atoms with E-state index in [2.05, 4.69) is 25.9 Å². The van der Waals surface area contributed by atoms with Gasteiger partial charge in [0.15, 0.2) is 0 Å². The molecule has 0 saturated carbocycles. The van der Waals surface area contributed by atoms with Crippen LogP contribution in [0.4, 0.5) is 28.8 Å². The van der Waals surface area contributed by atoms with E-state index >= 15 is 0 Å². The number of nitrogens with one attached hydrogen (secondary N) is 3. The van der Waals surface area contributed by atoms with Crippen molar-refractivity contribution in [1.82, 2.24) is 9.97 Å². The number of amides is 1. The van der Waals surface area contributed by atoms with Gasteiger partial charge in [0.05, 0.1) is 15.7 Å². The Balaban J connectivity index is 1.73. The molecule has 0 radical (unpaired) electrons. The second kappa shape index (κ2) is 8.03. The summed E-state index contributed by atoms with van der Waals surface area (Å²) in [6, 6.07) is 14.3. The van der Waals surface area contributed by atoms with Crippen molar-refractivity contribution in [2.24, 2.45) is 0 Å². The van der Waals surface area contributed by atoms with Crippen LogP contribution >= 0.6 is 23.2 Å². The average Bonchev–Trinajstić information content (AvgIpc) is 2.61. The highest BCUT2D eigenvalue weighted by atomic mass is 35.5. The Kier molecular flexibility index (Phi) is 5.55. The van der Waals surface area contributed by atoms with E-state index in [1.807, 2.05) is 18.2 Å². The van der Waals surface area contributed by atoms with Gasteiger partial charge in [0, 0.05) is 24.5 Å². The third-order valence-corrected chi connectivity index (χ3v) is 4.15. The van der Waals surface area contributed by atoms with E-state index in [4.69, 9.17) is 23.2 Å². The van der Waals surface area contributed by atoms with Gasteiger partial charge in [-0.15, -0.1) is 0 Å². The number of carbonyl (C=O) groups is 1. The Hall–Kier alpha value is -2.83. The zero-order chi connectivity index (χ0) is 18.5. The fraction of sp³-hybridized carbons (Fsp3) is 0.0556. The number of benzene rings is 2. The molecule has 0 bridgehead atoms. The van der Waals surface area contributed by atoms with Crippen LogP contribution in [-0.4, -0.2) is 15.9 Å². The lowest BCUT2D eigenvalue weighted by Crippen LogP contribution is -2.05. The molecule has 0 fully saturated rings. The molecule has 2 aromatic carbocycles. The first kappa shape index (κ1) is 18.0. The molecule has 0 atom stereocenters. The van der Waals surface area contributed by atoms with Crippen molar-refractivity contribution in [1.29, 1.82) is 0 Å². The highest BCUT2D eigenvalue weighted by Gasteiger charge is 2.06. The Labute approximate surface area is 160 Å². The topological polar surface area (TPSA) is 78.9 Å². The minimum atomic E-state index is -0.118.